The summed E-state index contributed by atoms with van der Waals surface area (Å²) in [6, 6.07) is 83.5. The van der Waals surface area contributed by atoms with Crippen LogP contribution in [0, 0.1) is 0 Å². The van der Waals surface area contributed by atoms with Crippen LogP contribution in [-0.2, 0) is 5.41 Å². The van der Waals surface area contributed by atoms with Crippen LogP contribution in [0.4, 0.5) is 17.1 Å². The number of rotatable bonds is 3. The summed E-state index contributed by atoms with van der Waals surface area (Å²) >= 11 is 0. The molecule has 8 heterocycles. The Morgan fingerprint density at radius 2 is 0.818 bits per heavy atom. The zero-order valence-electron chi connectivity index (χ0n) is 41.1. The topological polar surface area (TPSA) is 53.1 Å². The van der Waals surface area contributed by atoms with Crippen LogP contribution in [0.25, 0.3) is 55.0 Å². The van der Waals surface area contributed by atoms with E-state index in [2.05, 4.69) is 245 Å². The predicted octanol–water partition coefficient (Wildman–Crippen LogP) is 14.7. The van der Waals surface area contributed by atoms with Crippen LogP contribution in [0.5, 0.6) is 34.5 Å². The minimum atomic E-state index is -0.912. The van der Waals surface area contributed by atoms with Crippen molar-refractivity contribution in [2.75, 3.05) is 4.90 Å². The van der Waals surface area contributed by atoms with Gasteiger partial charge in [-0.05, 0) is 93.8 Å². The highest BCUT2D eigenvalue weighted by Gasteiger charge is 2.58. The fraction of sp³-hybridized carbons (Fsp3) is 0.0290. The summed E-state index contributed by atoms with van der Waals surface area (Å²) in [6.45, 7) is -0.179. The quantitative estimate of drug-likeness (QED) is 0.166. The summed E-state index contributed by atoms with van der Waals surface area (Å²) in [5, 5.41) is 4.76. The highest BCUT2D eigenvalue weighted by molar-refractivity contribution is 6.99. The van der Waals surface area contributed by atoms with Crippen LogP contribution >= 0.6 is 0 Å². The maximum atomic E-state index is 7.86. The van der Waals surface area contributed by atoms with E-state index >= 15 is 0 Å². The third kappa shape index (κ3) is 4.85. The van der Waals surface area contributed by atoms with Gasteiger partial charge in [-0.1, -0.05) is 158 Å². The molecule has 0 radical (unpaired) electrons. The van der Waals surface area contributed by atoms with Crippen molar-refractivity contribution >= 4 is 89.6 Å². The smallest absolute Gasteiger partial charge is 0.261 e. The minimum Gasteiger partial charge on any atom is -0.458 e. The van der Waals surface area contributed by atoms with Crippen LogP contribution < -0.4 is 35.5 Å². The molecule has 1 atom stereocenters. The van der Waals surface area contributed by atoms with Crippen molar-refractivity contribution in [3.05, 3.63) is 264 Å². The molecule has 0 aliphatic carbocycles. The molecule has 0 amide bonds. The molecule has 8 heteroatoms. The van der Waals surface area contributed by atoms with Crippen LogP contribution in [0.15, 0.2) is 236 Å². The van der Waals surface area contributed by atoms with Gasteiger partial charge in [0.05, 0.1) is 61.8 Å². The molecule has 7 nitrogen and oxygen atoms in total. The number of benzene rings is 11. The largest absolute Gasteiger partial charge is 0.458 e. The lowest BCUT2D eigenvalue weighted by atomic mass is 9.29. The minimum absolute atomic E-state index is 0.0360. The van der Waals surface area contributed by atoms with Crippen LogP contribution in [0.2, 0.25) is 0 Å². The standard InChI is InChI=1S/C69H39BN4O3/c1-7-27-50-44(21-1)62-45-22-6-12-32-55(45)72(68(62)71-50)39-37-60-65-61(38-39)76-59-36-16-24-47-64(59)70(65)63-46(23-15-35-58(63)75-60)69(47)48-25-13-33-56(73-51-28-8-2-17-40(51)41-18-3-9-29-52(41)73)66(48)77-67-49(69)26-14-34-57(67)74-53-30-10-4-19-42(53)43-20-5-11-31-54(43)74/h1-38,62H. The van der Waals surface area contributed by atoms with E-state index in [-0.39, 0.29) is 12.6 Å². The summed E-state index contributed by atoms with van der Waals surface area (Å²) in [7, 11) is 0. The number of anilines is 2. The number of fused-ring (bicyclic) bond motifs is 17. The average molecular weight is 983 g/mol. The number of hydrogen-bond acceptors (Lipinski definition) is 5. The summed E-state index contributed by atoms with van der Waals surface area (Å²) in [6.07, 6.45) is 0. The van der Waals surface area contributed by atoms with Crippen molar-refractivity contribution in [2.45, 2.75) is 11.3 Å². The molecule has 0 N–H and O–H groups in total. The molecule has 1 unspecified atom stereocenters. The van der Waals surface area contributed by atoms with E-state index < -0.39 is 5.41 Å². The van der Waals surface area contributed by atoms with Crippen molar-refractivity contribution in [3.8, 4) is 45.9 Å². The van der Waals surface area contributed by atoms with Crippen molar-refractivity contribution in [3.63, 3.8) is 0 Å². The fourth-order valence-electron chi connectivity index (χ4n) is 14.9. The summed E-state index contributed by atoms with van der Waals surface area (Å²) in [5.74, 6) is 5.87. The van der Waals surface area contributed by atoms with Gasteiger partial charge >= 0.3 is 0 Å². The van der Waals surface area contributed by atoms with Gasteiger partial charge in [0, 0.05) is 50.3 Å². The maximum Gasteiger partial charge on any atom is 0.261 e. The molecule has 6 aliphatic rings. The van der Waals surface area contributed by atoms with Gasteiger partial charge in [0.1, 0.15) is 28.8 Å². The van der Waals surface area contributed by atoms with Crippen molar-refractivity contribution < 1.29 is 14.2 Å². The summed E-state index contributed by atoms with van der Waals surface area (Å²) in [4.78, 5) is 7.63. The maximum absolute atomic E-state index is 7.86. The van der Waals surface area contributed by atoms with Crippen molar-refractivity contribution in [1.82, 2.24) is 9.13 Å². The van der Waals surface area contributed by atoms with Crippen LogP contribution in [0.1, 0.15) is 39.3 Å². The molecular formula is C69H39BN4O3. The normalized spacial score (nSPS) is 15.8. The Kier molecular flexibility index (Phi) is 7.45. The first-order valence-electron chi connectivity index (χ1n) is 26.5. The zero-order valence-corrected chi connectivity index (χ0v) is 41.1. The monoisotopic (exact) mass is 982 g/mol. The third-order valence-electron chi connectivity index (χ3n) is 17.7. The molecule has 356 valence electrons. The SMILES string of the molecule is c1ccc2c(c1)N=C1C2c2ccccc2N1c1cc2c3c(c1)Oc1cccc4c1B3c1c(cccc1C41c3cccc(-n4c5ccccc5c5ccccc54)c3Oc3c(-n4c5ccccc5c5ccccc54)cccc31)O2. The fourth-order valence-corrected chi connectivity index (χ4v) is 14.9. The van der Waals surface area contributed by atoms with E-state index in [9.17, 15) is 0 Å². The lowest BCUT2D eigenvalue weighted by Crippen LogP contribution is -2.65. The number of aromatic nitrogens is 2. The first-order valence-corrected chi connectivity index (χ1v) is 26.5. The Hall–Kier alpha value is -10.0. The number of para-hydroxylation sites is 8. The zero-order chi connectivity index (χ0) is 49.8. The van der Waals surface area contributed by atoms with Crippen molar-refractivity contribution in [1.29, 1.82) is 0 Å². The summed E-state index contributed by atoms with van der Waals surface area (Å²) < 4.78 is 27.4. The second kappa shape index (κ2) is 14.2. The van der Waals surface area contributed by atoms with Crippen LogP contribution in [-0.4, -0.2) is 21.7 Å². The molecule has 0 saturated carbocycles. The van der Waals surface area contributed by atoms with E-state index in [0.717, 1.165) is 129 Å². The molecule has 0 bridgehead atoms. The Morgan fingerprint density at radius 3 is 1.36 bits per heavy atom. The predicted molar refractivity (Wildman–Crippen MR) is 309 cm³/mol. The molecule has 13 aromatic rings. The molecule has 77 heavy (non-hydrogen) atoms. The second-order valence-corrected chi connectivity index (χ2v) is 21.2. The van der Waals surface area contributed by atoms with Gasteiger partial charge in [0.25, 0.3) is 6.71 Å². The van der Waals surface area contributed by atoms with Gasteiger partial charge in [0.15, 0.2) is 11.5 Å². The molecule has 19 rings (SSSR count). The van der Waals surface area contributed by atoms with Crippen LogP contribution in [0.3, 0.4) is 0 Å². The molecule has 1 spiro atoms. The Bertz CT molecular complexity index is 4560. The van der Waals surface area contributed by atoms with Gasteiger partial charge in [-0.15, -0.1) is 0 Å². The number of aliphatic imine (C=N–C) groups is 1. The van der Waals surface area contributed by atoms with E-state index in [1.165, 1.54) is 32.7 Å². The lowest BCUT2D eigenvalue weighted by Gasteiger charge is -2.50. The molecule has 0 fully saturated rings. The van der Waals surface area contributed by atoms with E-state index in [0.29, 0.717) is 0 Å². The van der Waals surface area contributed by atoms with Gasteiger partial charge in [-0.25, -0.2) is 4.99 Å². The Balaban J connectivity index is 0.895. The molecular weight excluding hydrogens is 944 g/mol. The number of hydrogen-bond donors (Lipinski definition) is 0. The van der Waals surface area contributed by atoms with Gasteiger partial charge in [-0.3, -0.25) is 4.90 Å². The summed E-state index contributed by atoms with van der Waals surface area (Å²) in [5.41, 5.74) is 18.8. The number of ether oxygens (including phenoxy) is 3. The van der Waals surface area contributed by atoms with Gasteiger partial charge in [0.2, 0.25) is 0 Å². The number of nitrogens with zero attached hydrogens (tertiary/aromatic N) is 4. The molecule has 11 aromatic carbocycles. The van der Waals surface area contributed by atoms with Gasteiger partial charge < -0.3 is 23.3 Å². The molecule has 2 aromatic heterocycles. The Morgan fingerprint density at radius 1 is 0.377 bits per heavy atom. The first-order chi connectivity index (χ1) is 38.2. The van der Waals surface area contributed by atoms with E-state index in [1.807, 2.05) is 0 Å². The highest BCUT2D eigenvalue weighted by atomic mass is 16.5. The van der Waals surface area contributed by atoms with Crippen molar-refractivity contribution in [2.24, 2.45) is 4.99 Å². The third-order valence-corrected chi connectivity index (χ3v) is 17.7. The first kappa shape index (κ1) is 40.4. The Labute approximate surface area is 441 Å². The molecule has 0 saturated heterocycles. The van der Waals surface area contributed by atoms with Gasteiger partial charge in [-0.2, -0.15) is 0 Å². The molecule has 6 aliphatic heterocycles. The average Bonchev–Trinajstić information content (AvgIpc) is 4.39. The highest BCUT2D eigenvalue weighted by Crippen LogP contribution is 2.61. The van der Waals surface area contributed by atoms with E-state index in [1.54, 1.807) is 0 Å². The van der Waals surface area contributed by atoms with E-state index in [4.69, 9.17) is 19.2 Å². The number of amidine groups is 1. The second-order valence-electron chi connectivity index (χ2n) is 21.2. The lowest BCUT2D eigenvalue weighted by molar-refractivity contribution is 0.428.